The van der Waals surface area contributed by atoms with Crippen LogP contribution < -0.4 is 4.74 Å². The summed E-state index contributed by atoms with van der Waals surface area (Å²) in [5.41, 5.74) is 0. The summed E-state index contributed by atoms with van der Waals surface area (Å²) in [6.45, 7) is 4.33. The molecular formula is C11H13ClO. The number of benzene rings is 1. The summed E-state index contributed by atoms with van der Waals surface area (Å²) in [5, 5.41) is 0.668. The molecule has 1 aromatic rings. The lowest BCUT2D eigenvalue weighted by molar-refractivity contribution is 0.312. The molecule has 0 amide bonds. The van der Waals surface area contributed by atoms with Crippen molar-refractivity contribution in [2.45, 2.75) is 12.8 Å². The van der Waals surface area contributed by atoms with Gasteiger partial charge in [-0.1, -0.05) is 29.8 Å². The quantitative estimate of drug-likeness (QED) is 0.516. The number of hydrogen-bond donors (Lipinski definition) is 0. The molecule has 0 aromatic heterocycles. The second-order valence-electron chi connectivity index (χ2n) is 2.71. The first-order chi connectivity index (χ1) is 6.34. The third kappa shape index (κ3) is 3.51. The molecule has 0 saturated carbocycles. The molecule has 0 spiro atoms. The van der Waals surface area contributed by atoms with Crippen LogP contribution in [0.4, 0.5) is 0 Å². The zero-order valence-electron chi connectivity index (χ0n) is 7.50. The standard InChI is InChI=1S/C11H13ClO/c1-2-3-6-9-13-11-8-5-4-7-10(11)12/h2,4-5,7-8H,1,3,6,9H2. The zero-order valence-corrected chi connectivity index (χ0v) is 8.26. The maximum atomic E-state index is 5.89. The number of para-hydroxylation sites is 1. The van der Waals surface area contributed by atoms with E-state index in [-0.39, 0.29) is 0 Å². The van der Waals surface area contributed by atoms with Crippen molar-refractivity contribution in [2.75, 3.05) is 6.61 Å². The Morgan fingerprint density at radius 1 is 1.38 bits per heavy atom. The van der Waals surface area contributed by atoms with Crippen LogP contribution >= 0.6 is 11.6 Å². The number of unbranched alkanes of at least 4 members (excludes halogenated alkanes) is 1. The Morgan fingerprint density at radius 2 is 2.15 bits per heavy atom. The van der Waals surface area contributed by atoms with Gasteiger partial charge in [0.1, 0.15) is 5.75 Å². The first kappa shape index (κ1) is 10.1. The lowest BCUT2D eigenvalue weighted by atomic mass is 10.3. The molecule has 0 saturated heterocycles. The van der Waals surface area contributed by atoms with Crippen molar-refractivity contribution in [3.05, 3.63) is 41.9 Å². The lowest BCUT2D eigenvalue weighted by Crippen LogP contribution is -1.96. The average Bonchev–Trinajstić information content (AvgIpc) is 2.15. The highest BCUT2D eigenvalue weighted by molar-refractivity contribution is 6.32. The van der Waals surface area contributed by atoms with Crippen LogP contribution in [0.5, 0.6) is 5.75 Å². The molecule has 0 fully saturated rings. The maximum absolute atomic E-state index is 5.89. The van der Waals surface area contributed by atoms with Crippen molar-refractivity contribution < 1.29 is 4.74 Å². The van der Waals surface area contributed by atoms with Gasteiger partial charge in [0.15, 0.2) is 0 Å². The smallest absolute Gasteiger partial charge is 0.137 e. The largest absolute Gasteiger partial charge is 0.492 e. The van der Waals surface area contributed by atoms with Gasteiger partial charge >= 0.3 is 0 Å². The molecule has 13 heavy (non-hydrogen) atoms. The molecule has 0 aliphatic heterocycles. The molecule has 0 unspecified atom stereocenters. The van der Waals surface area contributed by atoms with Gasteiger partial charge in [-0.3, -0.25) is 0 Å². The summed E-state index contributed by atoms with van der Waals surface area (Å²) in [6.07, 6.45) is 3.84. The number of allylic oxidation sites excluding steroid dienone is 1. The third-order valence-corrected chi connectivity index (χ3v) is 1.96. The van der Waals surface area contributed by atoms with E-state index in [1.54, 1.807) is 0 Å². The summed E-state index contributed by atoms with van der Waals surface area (Å²) in [4.78, 5) is 0. The lowest BCUT2D eigenvalue weighted by Gasteiger charge is -2.05. The number of halogens is 1. The van der Waals surface area contributed by atoms with E-state index < -0.39 is 0 Å². The summed E-state index contributed by atoms with van der Waals surface area (Å²) < 4.78 is 5.46. The second kappa shape index (κ2) is 5.65. The van der Waals surface area contributed by atoms with Gasteiger partial charge in [0, 0.05) is 0 Å². The summed E-state index contributed by atoms with van der Waals surface area (Å²) in [5.74, 6) is 0.758. The minimum absolute atomic E-state index is 0.668. The Bertz CT molecular complexity index is 271. The fourth-order valence-electron chi connectivity index (χ4n) is 0.972. The van der Waals surface area contributed by atoms with E-state index in [1.165, 1.54) is 0 Å². The molecule has 0 aliphatic carbocycles. The molecule has 0 bridgehead atoms. The molecule has 0 heterocycles. The van der Waals surface area contributed by atoms with Crippen molar-refractivity contribution >= 4 is 11.6 Å². The van der Waals surface area contributed by atoms with Gasteiger partial charge in [-0.15, -0.1) is 6.58 Å². The van der Waals surface area contributed by atoms with Gasteiger partial charge in [-0.2, -0.15) is 0 Å². The van der Waals surface area contributed by atoms with Crippen LogP contribution in [0.15, 0.2) is 36.9 Å². The topological polar surface area (TPSA) is 9.23 Å². The number of ether oxygens (including phenoxy) is 1. The van der Waals surface area contributed by atoms with Crippen LogP contribution in [0, 0.1) is 0 Å². The van der Waals surface area contributed by atoms with Gasteiger partial charge in [-0.25, -0.2) is 0 Å². The fourth-order valence-corrected chi connectivity index (χ4v) is 1.16. The second-order valence-corrected chi connectivity index (χ2v) is 3.12. The predicted molar refractivity (Wildman–Crippen MR) is 56.4 cm³/mol. The molecule has 1 nitrogen and oxygen atoms in total. The van der Waals surface area contributed by atoms with Crippen LogP contribution in [-0.4, -0.2) is 6.61 Å². The minimum atomic E-state index is 0.668. The predicted octanol–water partition coefficient (Wildman–Crippen LogP) is 3.69. The molecule has 2 heteroatoms. The van der Waals surface area contributed by atoms with Crippen molar-refractivity contribution in [1.82, 2.24) is 0 Å². The van der Waals surface area contributed by atoms with Crippen LogP contribution in [0.1, 0.15) is 12.8 Å². The van der Waals surface area contributed by atoms with E-state index in [1.807, 2.05) is 30.3 Å². The van der Waals surface area contributed by atoms with Gasteiger partial charge < -0.3 is 4.74 Å². The highest BCUT2D eigenvalue weighted by Gasteiger charge is 1.97. The van der Waals surface area contributed by atoms with Crippen molar-refractivity contribution in [2.24, 2.45) is 0 Å². The van der Waals surface area contributed by atoms with Crippen LogP contribution in [0.3, 0.4) is 0 Å². The first-order valence-electron chi connectivity index (χ1n) is 4.33. The van der Waals surface area contributed by atoms with E-state index >= 15 is 0 Å². The molecule has 0 radical (unpaired) electrons. The Labute approximate surface area is 84.0 Å². The fraction of sp³-hybridized carbons (Fsp3) is 0.273. The molecule has 0 N–H and O–H groups in total. The van der Waals surface area contributed by atoms with E-state index in [4.69, 9.17) is 16.3 Å². The monoisotopic (exact) mass is 196 g/mol. The highest BCUT2D eigenvalue weighted by Crippen LogP contribution is 2.23. The Morgan fingerprint density at radius 3 is 2.85 bits per heavy atom. The highest BCUT2D eigenvalue weighted by atomic mass is 35.5. The Hall–Kier alpha value is -0.950. The molecule has 1 rings (SSSR count). The Balaban J connectivity index is 2.36. The van der Waals surface area contributed by atoms with E-state index in [0.29, 0.717) is 11.6 Å². The number of rotatable bonds is 5. The van der Waals surface area contributed by atoms with Gasteiger partial charge in [0.25, 0.3) is 0 Å². The van der Waals surface area contributed by atoms with Crippen LogP contribution in [0.2, 0.25) is 5.02 Å². The minimum Gasteiger partial charge on any atom is -0.492 e. The summed E-state index contributed by atoms with van der Waals surface area (Å²) >= 11 is 5.89. The van der Waals surface area contributed by atoms with E-state index in [9.17, 15) is 0 Å². The van der Waals surface area contributed by atoms with Crippen molar-refractivity contribution in [3.63, 3.8) is 0 Å². The van der Waals surface area contributed by atoms with Gasteiger partial charge in [0.2, 0.25) is 0 Å². The van der Waals surface area contributed by atoms with Crippen molar-refractivity contribution in [3.8, 4) is 5.75 Å². The SMILES string of the molecule is C=CCCCOc1ccccc1Cl. The maximum Gasteiger partial charge on any atom is 0.137 e. The van der Waals surface area contributed by atoms with Gasteiger partial charge in [-0.05, 0) is 25.0 Å². The molecule has 1 aromatic carbocycles. The summed E-state index contributed by atoms with van der Waals surface area (Å²) in [7, 11) is 0. The third-order valence-electron chi connectivity index (χ3n) is 1.65. The zero-order chi connectivity index (χ0) is 9.52. The summed E-state index contributed by atoms with van der Waals surface area (Å²) in [6, 6.07) is 7.49. The Kier molecular flexibility index (Phi) is 4.41. The number of hydrogen-bond acceptors (Lipinski definition) is 1. The van der Waals surface area contributed by atoms with Crippen molar-refractivity contribution in [1.29, 1.82) is 0 Å². The molecular weight excluding hydrogens is 184 g/mol. The molecule has 0 aliphatic rings. The average molecular weight is 197 g/mol. The first-order valence-corrected chi connectivity index (χ1v) is 4.70. The van der Waals surface area contributed by atoms with E-state index in [0.717, 1.165) is 18.6 Å². The van der Waals surface area contributed by atoms with Gasteiger partial charge in [0.05, 0.1) is 11.6 Å². The van der Waals surface area contributed by atoms with Crippen LogP contribution in [0.25, 0.3) is 0 Å². The van der Waals surface area contributed by atoms with Crippen LogP contribution in [-0.2, 0) is 0 Å². The molecule has 70 valence electrons. The molecule has 0 atom stereocenters. The van der Waals surface area contributed by atoms with E-state index in [2.05, 4.69) is 6.58 Å². The normalized spacial score (nSPS) is 9.62.